The largest absolute Gasteiger partial charge is 0.389 e. The smallest absolute Gasteiger partial charge is 0.0726 e. The van der Waals surface area contributed by atoms with E-state index in [0.29, 0.717) is 11.8 Å². The molecule has 2 unspecified atom stereocenters. The minimum Gasteiger partial charge on any atom is -0.389 e. The zero-order chi connectivity index (χ0) is 11.6. The van der Waals surface area contributed by atoms with Crippen molar-refractivity contribution in [1.82, 2.24) is 0 Å². The minimum atomic E-state index is -0.447. The van der Waals surface area contributed by atoms with Gasteiger partial charge < -0.3 is 5.11 Å². The second kappa shape index (κ2) is 4.89. The van der Waals surface area contributed by atoms with Crippen LogP contribution in [0, 0.1) is 11.8 Å². The van der Waals surface area contributed by atoms with Gasteiger partial charge in [0.2, 0.25) is 0 Å². The summed E-state index contributed by atoms with van der Waals surface area (Å²) in [5, 5.41) is 13.0. The molecule has 1 aromatic heterocycles. The lowest BCUT2D eigenvalue weighted by atomic mass is 9.68. The van der Waals surface area contributed by atoms with E-state index in [4.69, 9.17) is 0 Å². The van der Waals surface area contributed by atoms with Gasteiger partial charge in [-0.15, -0.1) is 11.3 Å². The fraction of sp³-hybridized carbons (Fsp3) is 0.714. The maximum absolute atomic E-state index is 10.9. The zero-order valence-corrected chi connectivity index (χ0v) is 11.1. The molecule has 1 aromatic rings. The molecular formula is C14H22OS. The molecule has 1 saturated carbocycles. The van der Waals surface area contributed by atoms with Crippen LogP contribution >= 0.6 is 11.3 Å². The summed E-state index contributed by atoms with van der Waals surface area (Å²) < 4.78 is 0. The monoisotopic (exact) mass is 238 g/mol. The first kappa shape index (κ1) is 12.1. The summed E-state index contributed by atoms with van der Waals surface area (Å²) in [7, 11) is 0. The Morgan fingerprint density at radius 1 is 1.50 bits per heavy atom. The van der Waals surface area contributed by atoms with Crippen LogP contribution in [0.4, 0.5) is 0 Å². The van der Waals surface area contributed by atoms with E-state index in [1.54, 1.807) is 11.3 Å². The maximum atomic E-state index is 10.9. The standard InChI is InChI=1S/C14H22OS/c1-11(2)13-7-3-4-8-14(13,15)10-12-6-5-9-16-12/h5-6,9,11,13,15H,3-4,7-8,10H2,1-2H3. The van der Waals surface area contributed by atoms with Crippen LogP contribution < -0.4 is 0 Å². The summed E-state index contributed by atoms with van der Waals surface area (Å²) in [5.41, 5.74) is -0.447. The van der Waals surface area contributed by atoms with E-state index in [2.05, 4.69) is 31.4 Å². The quantitative estimate of drug-likeness (QED) is 0.847. The predicted octanol–water partition coefficient (Wildman–Crippen LogP) is 3.87. The molecule has 0 spiro atoms. The van der Waals surface area contributed by atoms with Crippen LogP contribution in [0.25, 0.3) is 0 Å². The van der Waals surface area contributed by atoms with Crippen molar-refractivity contribution < 1.29 is 5.11 Å². The Labute approximate surface area is 103 Å². The molecular weight excluding hydrogens is 216 g/mol. The van der Waals surface area contributed by atoms with Crippen molar-refractivity contribution in [3.05, 3.63) is 22.4 Å². The number of rotatable bonds is 3. The molecule has 0 saturated heterocycles. The van der Waals surface area contributed by atoms with E-state index in [-0.39, 0.29) is 0 Å². The van der Waals surface area contributed by atoms with E-state index in [1.165, 1.54) is 24.1 Å². The molecule has 0 bridgehead atoms. The van der Waals surface area contributed by atoms with Crippen LogP contribution in [-0.2, 0) is 6.42 Å². The second-order valence-corrected chi connectivity index (χ2v) is 6.49. The number of hydrogen-bond donors (Lipinski definition) is 1. The van der Waals surface area contributed by atoms with Gasteiger partial charge in [-0.1, -0.05) is 32.8 Å². The van der Waals surface area contributed by atoms with Gasteiger partial charge in [0, 0.05) is 11.3 Å². The van der Waals surface area contributed by atoms with Crippen molar-refractivity contribution in [2.24, 2.45) is 11.8 Å². The first-order valence-corrected chi connectivity index (χ1v) is 7.24. The third kappa shape index (κ3) is 2.49. The van der Waals surface area contributed by atoms with Gasteiger partial charge in [0.05, 0.1) is 5.60 Å². The molecule has 1 N–H and O–H groups in total. The Balaban J connectivity index is 2.13. The fourth-order valence-corrected chi connectivity index (χ4v) is 3.96. The average molecular weight is 238 g/mol. The molecule has 0 amide bonds. The van der Waals surface area contributed by atoms with Crippen LogP contribution in [0.15, 0.2) is 17.5 Å². The third-order valence-corrected chi connectivity index (χ3v) is 4.81. The highest BCUT2D eigenvalue weighted by Crippen LogP contribution is 2.40. The van der Waals surface area contributed by atoms with Crippen molar-refractivity contribution >= 4 is 11.3 Å². The molecule has 1 aliphatic carbocycles. The molecule has 1 heterocycles. The van der Waals surface area contributed by atoms with Crippen molar-refractivity contribution in [3.63, 3.8) is 0 Å². The molecule has 0 radical (unpaired) electrons. The lowest BCUT2D eigenvalue weighted by Crippen LogP contribution is -2.44. The van der Waals surface area contributed by atoms with Crippen molar-refractivity contribution in [2.45, 2.75) is 51.6 Å². The van der Waals surface area contributed by atoms with Gasteiger partial charge in [0.25, 0.3) is 0 Å². The SMILES string of the molecule is CC(C)C1CCCCC1(O)Cc1cccs1. The van der Waals surface area contributed by atoms with Crippen LogP contribution in [0.5, 0.6) is 0 Å². The van der Waals surface area contributed by atoms with E-state index in [1.807, 2.05) is 0 Å². The summed E-state index contributed by atoms with van der Waals surface area (Å²) in [6, 6.07) is 4.23. The lowest BCUT2D eigenvalue weighted by Gasteiger charge is -2.42. The predicted molar refractivity (Wildman–Crippen MR) is 69.8 cm³/mol. The highest BCUT2D eigenvalue weighted by molar-refractivity contribution is 7.09. The normalized spacial score (nSPS) is 30.9. The molecule has 1 fully saturated rings. The Bertz CT molecular complexity index is 317. The topological polar surface area (TPSA) is 20.2 Å². The molecule has 2 rings (SSSR count). The Kier molecular flexibility index (Phi) is 3.70. The summed E-state index contributed by atoms with van der Waals surface area (Å²) in [4.78, 5) is 1.33. The van der Waals surface area contributed by atoms with Crippen LogP contribution in [0.3, 0.4) is 0 Å². The van der Waals surface area contributed by atoms with Gasteiger partial charge in [-0.2, -0.15) is 0 Å². The summed E-state index contributed by atoms with van der Waals surface area (Å²) >= 11 is 1.77. The maximum Gasteiger partial charge on any atom is 0.0726 e. The molecule has 1 aliphatic rings. The van der Waals surface area contributed by atoms with Crippen LogP contribution in [-0.4, -0.2) is 10.7 Å². The molecule has 1 nitrogen and oxygen atoms in total. The number of hydrogen-bond acceptors (Lipinski definition) is 2. The molecule has 16 heavy (non-hydrogen) atoms. The summed E-state index contributed by atoms with van der Waals surface area (Å²) in [5.74, 6) is 1.06. The highest BCUT2D eigenvalue weighted by Gasteiger charge is 2.40. The Morgan fingerprint density at radius 2 is 2.31 bits per heavy atom. The Morgan fingerprint density at radius 3 is 2.94 bits per heavy atom. The molecule has 90 valence electrons. The first-order valence-electron chi connectivity index (χ1n) is 6.36. The van der Waals surface area contributed by atoms with Gasteiger partial charge in [0.15, 0.2) is 0 Å². The van der Waals surface area contributed by atoms with E-state index >= 15 is 0 Å². The van der Waals surface area contributed by atoms with Crippen molar-refractivity contribution in [1.29, 1.82) is 0 Å². The van der Waals surface area contributed by atoms with E-state index in [0.717, 1.165) is 12.8 Å². The van der Waals surface area contributed by atoms with Gasteiger partial charge in [-0.25, -0.2) is 0 Å². The van der Waals surface area contributed by atoms with Gasteiger partial charge in [-0.05, 0) is 36.1 Å². The number of thiophene rings is 1. The molecule has 2 heteroatoms. The van der Waals surface area contributed by atoms with Crippen molar-refractivity contribution in [2.75, 3.05) is 0 Å². The Hall–Kier alpha value is -0.340. The highest BCUT2D eigenvalue weighted by atomic mass is 32.1. The van der Waals surface area contributed by atoms with Gasteiger partial charge in [-0.3, -0.25) is 0 Å². The molecule has 0 aromatic carbocycles. The van der Waals surface area contributed by atoms with Crippen LogP contribution in [0.1, 0.15) is 44.4 Å². The number of aliphatic hydroxyl groups is 1. The van der Waals surface area contributed by atoms with Gasteiger partial charge >= 0.3 is 0 Å². The fourth-order valence-electron chi connectivity index (χ4n) is 3.14. The van der Waals surface area contributed by atoms with Crippen molar-refractivity contribution in [3.8, 4) is 0 Å². The van der Waals surface area contributed by atoms with Gasteiger partial charge in [0.1, 0.15) is 0 Å². The zero-order valence-electron chi connectivity index (χ0n) is 10.3. The molecule has 2 atom stereocenters. The molecule has 0 aliphatic heterocycles. The lowest BCUT2D eigenvalue weighted by molar-refractivity contribution is -0.0647. The second-order valence-electron chi connectivity index (χ2n) is 5.46. The summed E-state index contributed by atoms with van der Waals surface area (Å²) in [6.45, 7) is 4.49. The average Bonchev–Trinajstić information content (AvgIpc) is 2.69. The third-order valence-electron chi connectivity index (χ3n) is 3.93. The first-order chi connectivity index (χ1) is 7.62. The van der Waals surface area contributed by atoms with E-state index < -0.39 is 5.60 Å². The van der Waals surface area contributed by atoms with E-state index in [9.17, 15) is 5.11 Å². The van der Waals surface area contributed by atoms with Crippen LogP contribution in [0.2, 0.25) is 0 Å². The summed E-state index contributed by atoms with van der Waals surface area (Å²) in [6.07, 6.45) is 5.50. The minimum absolute atomic E-state index is 0.447.